The van der Waals surface area contributed by atoms with Crippen molar-refractivity contribution in [3.63, 3.8) is 0 Å². The fourth-order valence-corrected chi connectivity index (χ4v) is 0.652. The second-order valence-electron chi connectivity index (χ2n) is 2.33. The van der Waals surface area contributed by atoms with Crippen molar-refractivity contribution in [1.82, 2.24) is 5.32 Å². The Morgan fingerprint density at radius 3 is 2.60 bits per heavy atom. The van der Waals surface area contributed by atoms with Gasteiger partial charge in [0.25, 0.3) is 0 Å². The minimum atomic E-state index is 0.0200. The summed E-state index contributed by atoms with van der Waals surface area (Å²) in [6.45, 7) is 4.56. The lowest BCUT2D eigenvalue weighted by molar-refractivity contribution is -0.121. The molecule has 0 heterocycles. The van der Waals surface area contributed by atoms with Crippen molar-refractivity contribution in [2.75, 3.05) is 6.54 Å². The van der Waals surface area contributed by atoms with E-state index in [9.17, 15) is 4.79 Å². The summed E-state index contributed by atoms with van der Waals surface area (Å²) in [5.41, 5.74) is 5.54. The number of carbonyl (C=O) groups excluding carboxylic acids is 1. The van der Waals surface area contributed by atoms with Gasteiger partial charge in [0.1, 0.15) is 0 Å². The molecule has 0 fully saturated rings. The molecule has 0 saturated carbocycles. The van der Waals surface area contributed by atoms with E-state index in [1.807, 2.05) is 13.8 Å². The molecule has 0 radical (unpaired) electrons. The number of hydrogen-bond acceptors (Lipinski definition) is 2. The van der Waals surface area contributed by atoms with Gasteiger partial charge >= 0.3 is 0 Å². The second-order valence-corrected chi connectivity index (χ2v) is 2.33. The first kappa shape index (κ1) is 9.43. The molecule has 3 heteroatoms. The molecule has 0 aliphatic rings. The Kier molecular flexibility index (Phi) is 4.94. The second kappa shape index (κ2) is 5.23. The van der Waals surface area contributed by atoms with E-state index in [0.717, 1.165) is 6.42 Å². The maximum atomic E-state index is 10.8. The van der Waals surface area contributed by atoms with Crippen LogP contribution in [0, 0.1) is 0 Å². The first-order valence-electron chi connectivity index (χ1n) is 3.73. The standard InChI is InChI=1S/C7H16N2O/c1-3-6(8)5-7(10)9-4-2/h6H,3-5,8H2,1-2H3,(H,9,10). The molecule has 0 aromatic heterocycles. The van der Waals surface area contributed by atoms with Crippen LogP contribution in [0.5, 0.6) is 0 Å². The van der Waals surface area contributed by atoms with Crippen LogP contribution < -0.4 is 11.1 Å². The molecule has 10 heavy (non-hydrogen) atoms. The van der Waals surface area contributed by atoms with Crippen molar-refractivity contribution < 1.29 is 4.79 Å². The molecule has 60 valence electrons. The molecular formula is C7H16N2O. The van der Waals surface area contributed by atoms with Crippen LogP contribution in [-0.4, -0.2) is 18.5 Å². The van der Waals surface area contributed by atoms with Crippen molar-refractivity contribution in [3.8, 4) is 0 Å². The van der Waals surface area contributed by atoms with Crippen molar-refractivity contribution >= 4 is 5.91 Å². The highest BCUT2D eigenvalue weighted by atomic mass is 16.1. The third-order valence-electron chi connectivity index (χ3n) is 1.35. The Morgan fingerprint density at radius 2 is 2.20 bits per heavy atom. The summed E-state index contributed by atoms with van der Waals surface area (Å²) in [5.74, 6) is 0.0526. The highest BCUT2D eigenvalue weighted by Crippen LogP contribution is 1.91. The van der Waals surface area contributed by atoms with E-state index in [0.29, 0.717) is 13.0 Å². The quantitative estimate of drug-likeness (QED) is 0.594. The van der Waals surface area contributed by atoms with Crippen LogP contribution in [0.3, 0.4) is 0 Å². The number of carbonyl (C=O) groups is 1. The molecule has 1 amide bonds. The minimum Gasteiger partial charge on any atom is -0.356 e. The Labute approximate surface area is 62.0 Å². The highest BCUT2D eigenvalue weighted by Gasteiger charge is 2.04. The van der Waals surface area contributed by atoms with Gasteiger partial charge in [-0.25, -0.2) is 0 Å². The van der Waals surface area contributed by atoms with E-state index in [-0.39, 0.29) is 11.9 Å². The van der Waals surface area contributed by atoms with Crippen molar-refractivity contribution in [3.05, 3.63) is 0 Å². The van der Waals surface area contributed by atoms with E-state index in [4.69, 9.17) is 5.73 Å². The molecular weight excluding hydrogens is 128 g/mol. The Balaban J connectivity index is 3.37. The number of nitrogens with two attached hydrogens (primary N) is 1. The summed E-state index contributed by atoms with van der Waals surface area (Å²) in [6.07, 6.45) is 1.31. The molecule has 0 spiro atoms. The highest BCUT2D eigenvalue weighted by molar-refractivity contribution is 5.76. The number of hydrogen-bond donors (Lipinski definition) is 2. The van der Waals surface area contributed by atoms with E-state index >= 15 is 0 Å². The summed E-state index contributed by atoms with van der Waals surface area (Å²) in [5, 5.41) is 2.69. The third kappa shape index (κ3) is 4.32. The lowest BCUT2D eigenvalue weighted by atomic mass is 10.1. The Morgan fingerprint density at radius 1 is 1.60 bits per heavy atom. The normalized spacial score (nSPS) is 12.7. The SMILES string of the molecule is CCNC(=O)CC(N)CC. The van der Waals surface area contributed by atoms with E-state index in [2.05, 4.69) is 5.32 Å². The first-order valence-corrected chi connectivity index (χ1v) is 3.73. The van der Waals surface area contributed by atoms with Gasteiger partial charge in [0.15, 0.2) is 0 Å². The van der Waals surface area contributed by atoms with Gasteiger partial charge in [-0.15, -0.1) is 0 Å². The van der Waals surface area contributed by atoms with Crippen LogP contribution in [0.1, 0.15) is 26.7 Å². The maximum absolute atomic E-state index is 10.8. The number of nitrogens with one attached hydrogen (secondary N) is 1. The zero-order valence-electron chi connectivity index (χ0n) is 6.68. The summed E-state index contributed by atoms with van der Waals surface area (Å²) < 4.78 is 0. The summed E-state index contributed by atoms with van der Waals surface area (Å²) >= 11 is 0. The smallest absolute Gasteiger partial charge is 0.221 e. The number of amides is 1. The van der Waals surface area contributed by atoms with Gasteiger partial charge in [0.05, 0.1) is 0 Å². The molecule has 1 atom stereocenters. The van der Waals surface area contributed by atoms with Crippen LogP contribution in [0.4, 0.5) is 0 Å². The number of rotatable bonds is 4. The molecule has 0 aliphatic heterocycles. The predicted octanol–water partition coefficient (Wildman–Crippen LogP) is 0.250. The van der Waals surface area contributed by atoms with Gasteiger partial charge in [-0.2, -0.15) is 0 Å². The fourth-order valence-electron chi connectivity index (χ4n) is 0.652. The predicted molar refractivity (Wildman–Crippen MR) is 41.6 cm³/mol. The maximum Gasteiger partial charge on any atom is 0.221 e. The minimum absolute atomic E-state index is 0.0200. The van der Waals surface area contributed by atoms with Crippen molar-refractivity contribution in [2.45, 2.75) is 32.7 Å². The first-order chi connectivity index (χ1) is 4.70. The largest absolute Gasteiger partial charge is 0.356 e. The Hall–Kier alpha value is -0.570. The molecule has 0 aromatic rings. The molecule has 0 aromatic carbocycles. The third-order valence-corrected chi connectivity index (χ3v) is 1.35. The van der Waals surface area contributed by atoms with Gasteiger partial charge in [-0.1, -0.05) is 6.92 Å². The van der Waals surface area contributed by atoms with Crippen LogP contribution in [0.15, 0.2) is 0 Å². The summed E-state index contributed by atoms with van der Waals surface area (Å²) in [6, 6.07) is 0.0200. The van der Waals surface area contributed by atoms with E-state index in [1.54, 1.807) is 0 Å². The van der Waals surface area contributed by atoms with Crippen LogP contribution >= 0.6 is 0 Å². The Bertz CT molecular complexity index is 104. The van der Waals surface area contributed by atoms with Crippen LogP contribution in [0.25, 0.3) is 0 Å². The molecule has 0 aliphatic carbocycles. The molecule has 1 unspecified atom stereocenters. The fraction of sp³-hybridized carbons (Fsp3) is 0.857. The molecule has 0 bridgehead atoms. The van der Waals surface area contributed by atoms with Gasteiger partial charge in [0, 0.05) is 19.0 Å². The summed E-state index contributed by atoms with van der Waals surface area (Å²) in [7, 11) is 0. The van der Waals surface area contributed by atoms with Gasteiger partial charge in [-0.3, -0.25) is 4.79 Å². The molecule has 3 nitrogen and oxygen atoms in total. The van der Waals surface area contributed by atoms with E-state index in [1.165, 1.54) is 0 Å². The molecule has 0 rings (SSSR count). The van der Waals surface area contributed by atoms with Crippen molar-refractivity contribution in [2.24, 2.45) is 5.73 Å². The topological polar surface area (TPSA) is 55.1 Å². The lowest BCUT2D eigenvalue weighted by Crippen LogP contribution is -2.30. The average molecular weight is 144 g/mol. The van der Waals surface area contributed by atoms with Gasteiger partial charge in [-0.05, 0) is 13.3 Å². The monoisotopic (exact) mass is 144 g/mol. The van der Waals surface area contributed by atoms with Gasteiger partial charge < -0.3 is 11.1 Å². The van der Waals surface area contributed by atoms with Crippen molar-refractivity contribution in [1.29, 1.82) is 0 Å². The zero-order valence-corrected chi connectivity index (χ0v) is 6.68. The average Bonchev–Trinajstić information content (AvgIpc) is 1.88. The zero-order chi connectivity index (χ0) is 7.98. The van der Waals surface area contributed by atoms with Crippen LogP contribution in [-0.2, 0) is 4.79 Å². The molecule has 0 saturated heterocycles. The summed E-state index contributed by atoms with van der Waals surface area (Å²) in [4.78, 5) is 10.8. The van der Waals surface area contributed by atoms with Gasteiger partial charge in [0.2, 0.25) is 5.91 Å². The van der Waals surface area contributed by atoms with E-state index < -0.39 is 0 Å². The molecule has 3 N–H and O–H groups in total. The lowest BCUT2D eigenvalue weighted by Gasteiger charge is -2.06. The van der Waals surface area contributed by atoms with Crippen LogP contribution in [0.2, 0.25) is 0 Å².